The van der Waals surface area contributed by atoms with Gasteiger partial charge in [-0.25, -0.2) is 4.39 Å². The fourth-order valence-corrected chi connectivity index (χ4v) is 6.67. The van der Waals surface area contributed by atoms with E-state index in [9.17, 15) is 4.79 Å². The van der Waals surface area contributed by atoms with Crippen molar-refractivity contribution in [1.82, 2.24) is 4.90 Å². The van der Waals surface area contributed by atoms with Crippen molar-refractivity contribution in [2.24, 2.45) is 17.8 Å². The third kappa shape index (κ3) is 6.11. The Balaban J connectivity index is 1.16. The number of nitrogens with zero attached hydrogens (tertiary/aromatic N) is 3. The number of methoxy groups -OCH3 is 1. The van der Waals surface area contributed by atoms with Crippen LogP contribution in [0.2, 0.25) is 0 Å². The van der Waals surface area contributed by atoms with Crippen LogP contribution < -0.4 is 14.5 Å². The number of halogens is 1. The maximum atomic E-state index is 15.4. The maximum absolute atomic E-state index is 15.4. The largest absolute Gasteiger partial charge is 0.496 e. The van der Waals surface area contributed by atoms with Crippen LogP contribution in [0.1, 0.15) is 23.6 Å². The lowest BCUT2D eigenvalue weighted by Gasteiger charge is -2.30. The van der Waals surface area contributed by atoms with Crippen molar-refractivity contribution in [2.75, 3.05) is 62.8 Å². The van der Waals surface area contributed by atoms with E-state index >= 15 is 4.39 Å². The average Bonchev–Trinajstić information content (AvgIpc) is 3.45. The van der Waals surface area contributed by atoms with Gasteiger partial charge < -0.3 is 19.3 Å². The first-order valence-corrected chi connectivity index (χ1v) is 14.9. The molecule has 2 heterocycles. The molecule has 0 radical (unpaired) electrons. The number of amides is 1. The van der Waals surface area contributed by atoms with Crippen LogP contribution >= 0.6 is 0 Å². The van der Waals surface area contributed by atoms with Crippen LogP contribution in [0.25, 0.3) is 0 Å². The van der Waals surface area contributed by atoms with Gasteiger partial charge >= 0.3 is 0 Å². The van der Waals surface area contributed by atoms with Crippen LogP contribution in [-0.2, 0) is 28.9 Å². The third-order valence-electron chi connectivity index (χ3n) is 9.11. The van der Waals surface area contributed by atoms with Crippen molar-refractivity contribution < 1.29 is 18.7 Å². The molecule has 3 fully saturated rings. The standard InChI is InChI=1S/C34H40FN3O3/c1-3-24-8-10-25(11-9-24)20-36-21-28-29(22-36)30(28)23-38(34(39)18-26-6-4-5-7-33(26)40-2)27-12-13-32(31(35)19-27)37-14-16-41-17-15-37/h4-13,19,28-30H,3,14-18,20-23H2,1-2H3. The highest BCUT2D eigenvalue weighted by Gasteiger charge is 2.56. The molecule has 41 heavy (non-hydrogen) atoms. The second-order valence-corrected chi connectivity index (χ2v) is 11.6. The van der Waals surface area contributed by atoms with Crippen LogP contribution in [0.5, 0.6) is 5.75 Å². The first kappa shape index (κ1) is 27.7. The zero-order chi connectivity index (χ0) is 28.3. The van der Waals surface area contributed by atoms with Crippen molar-refractivity contribution in [3.8, 4) is 5.75 Å². The summed E-state index contributed by atoms with van der Waals surface area (Å²) in [5.41, 5.74) is 4.75. The fourth-order valence-electron chi connectivity index (χ4n) is 6.67. The van der Waals surface area contributed by atoms with E-state index in [2.05, 4.69) is 36.1 Å². The van der Waals surface area contributed by atoms with Gasteiger partial charge in [0.05, 0.1) is 32.4 Å². The number of carbonyl (C=O) groups excluding carboxylic acids is 1. The minimum absolute atomic E-state index is 0.0362. The Labute approximate surface area is 242 Å². The van der Waals surface area contributed by atoms with Crippen LogP contribution in [0, 0.1) is 23.6 Å². The molecule has 2 unspecified atom stereocenters. The van der Waals surface area contributed by atoms with Gasteiger partial charge in [0.2, 0.25) is 5.91 Å². The number of fused-ring (bicyclic) bond motifs is 1. The Kier molecular flexibility index (Phi) is 8.26. The zero-order valence-corrected chi connectivity index (χ0v) is 24.1. The highest BCUT2D eigenvalue weighted by atomic mass is 19.1. The van der Waals surface area contributed by atoms with Gasteiger partial charge in [-0.3, -0.25) is 9.69 Å². The van der Waals surface area contributed by atoms with E-state index in [0.29, 0.717) is 67.7 Å². The molecular weight excluding hydrogens is 517 g/mol. The van der Waals surface area contributed by atoms with Crippen molar-refractivity contribution in [2.45, 2.75) is 26.3 Å². The van der Waals surface area contributed by atoms with Crippen molar-refractivity contribution in [3.05, 3.63) is 89.2 Å². The van der Waals surface area contributed by atoms with Crippen molar-refractivity contribution >= 4 is 17.3 Å². The molecule has 6 nitrogen and oxygen atoms in total. The third-order valence-corrected chi connectivity index (χ3v) is 9.11. The summed E-state index contributed by atoms with van der Waals surface area (Å²) in [6.07, 6.45) is 1.26. The van der Waals surface area contributed by atoms with Gasteiger partial charge in [-0.1, -0.05) is 49.4 Å². The number of anilines is 2. The Morgan fingerprint density at radius 1 is 1.00 bits per heavy atom. The second kappa shape index (κ2) is 12.2. The molecule has 1 amide bonds. The molecule has 3 aromatic carbocycles. The summed E-state index contributed by atoms with van der Waals surface area (Å²) in [6, 6.07) is 21.8. The molecule has 0 bridgehead atoms. The number of hydrogen-bond acceptors (Lipinski definition) is 5. The number of para-hydroxylation sites is 1. The molecule has 2 saturated heterocycles. The zero-order valence-electron chi connectivity index (χ0n) is 24.1. The summed E-state index contributed by atoms with van der Waals surface area (Å²) in [7, 11) is 1.62. The van der Waals surface area contributed by atoms with Crippen LogP contribution in [-0.4, -0.2) is 63.9 Å². The van der Waals surface area contributed by atoms with Crippen LogP contribution in [0.4, 0.5) is 15.8 Å². The van der Waals surface area contributed by atoms with Crippen molar-refractivity contribution in [3.63, 3.8) is 0 Å². The minimum Gasteiger partial charge on any atom is -0.496 e. The number of carbonyl (C=O) groups is 1. The summed E-state index contributed by atoms with van der Waals surface area (Å²) in [5, 5.41) is 0. The van der Waals surface area contributed by atoms with E-state index in [-0.39, 0.29) is 18.1 Å². The molecule has 1 saturated carbocycles. The van der Waals surface area contributed by atoms with Crippen LogP contribution in [0.3, 0.4) is 0 Å². The smallest absolute Gasteiger partial charge is 0.231 e. The molecule has 3 aromatic rings. The van der Waals surface area contributed by atoms with Gasteiger partial charge in [0.25, 0.3) is 0 Å². The lowest BCUT2D eigenvalue weighted by molar-refractivity contribution is -0.118. The lowest BCUT2D eigenvalue weighted by atomic mass is 10.1. The van der Waals surface area contributed by atoms with E-state index in [4.69, 9.17) is 9.47 Å². The van der Waals surface area contributed by atoms with Gasteiger partial charge in [-0.15, -0.1) is 0 Å². The van der Waals surface area contributed by atoms with Gasteiger partial charge in [0, 0.05) is 50.5 Å². The maximum Gasteiger partial charge on any atom is 0.231 e. The molecule has 0 spiro atoms. The van der Waals surface area contributed by atoms with Gasteiger partial charge in [0.15, 0.2) is 0 Å². The fraction of sp³-hybridized carbons (Fsp3) is 0.441. The summed E-state index contributed by atoms with van der Waals surface area (Å²) in [4.78, 5) is 20.2. The van der Waals surface area contributed by atoms with Gasteiger partial charge in [-0.05, 0) is 59.6 Å². The number of benzene rings is 3. The molecule has 1 aliphatic carbocycles. The lowest BCUT2D eigenvalue weighted by Crippen LogP contribution is -2.38. The highest BCUT2D eigenvalue weighted by molar-refractivity contribution is 5.95. The number of ether oxygens (including phenoxy) is 2. The number of morpholine rings is 1. The highest BCUT2D eigenvalue weighted by Crippen LogP contribution is 2.52. The molecule has 3 aliphatic rings. The van der Waals surface area contributed by atoms with Gasteiger partial charge in [-0.2, -0.15) is 0 Å². The summed E-state index contributed by atoms with van der Waals surface area (Å²) < 4.78 is 26.4. The SMILES string of the molecule is CCc1ccc(CN2CC3C(C2)C3CN(C(=O)Cc2ccccc2OC)c2ccc(N3CCOCC3)c(F)c2)cc1. The van der Waals surface area contributed by atoms with E-state index in [1.165, 1.54) is 17.2 Å². The number of hydrogen-bond donors (Lipinski definition) is 0. The number of aryl methyl sites for hydroxylation is 1. The Hall–Kier alpha value is -3.42. The topological polar surface area (TPSA) is 45.2 Å². The predicted octanol–water partition coefficient (Wildman–Crippen LogP) is 5.19. The second-order valence-electron chi connectivity index (χ2n) is 11.6. The van der Waals surface area contributed by atoms with E-state index in [1.807, 2.05) is 46.2 Å². The number of likely N-dealkylation sites (tertiary alicyclic amines) is 1. The normalized spacial score (nSPS) is 21.9. The molecule has 7 heteroatoms. The average molecular weight is 558 g/mol. The summed E-state index contributed by atoms with van der Waals surface area (Å²) in [6.45, 7) is 8.36. The molecular formula is C34H40FN3O3. The molecule has 2 aliphatic heterocycles. The number of piperidine rings is 1. The minimum atomic E-state index is -0.296. The Morgan fingerprint density at radius 2 is 1.71 bits per heavy atom. The summed E-state index contributed by atoms with van der Waals surface area (Å²) >= 11 is 0. The summed E-state index contributed by atoms with van der Waals surface area (Å²) in [5.74, 6) is 1.94. The van der Waals surface area contributed by atoms with E-state index < -0.39 is 0 Å². The van der Waals surface area contributed by atoms with Gasteiger partial charge in [0.1, 0.15) is 11.6 Å². The quantitative estimate of drug-likeness (QED) is 0.344. The monoisotopic (exact) mass is 557 g/mol. The van der Waals surface area contributed by atoms with E-state index in [0.717, 1.165) is 31.6 Å². The molecule has 0 aromatic heterocycles. The molecule has 216 valence electrons. The van der Waals surface area contributed by atoms with E-state index in [1.54, 1.807) is 7.11 Å². The number of rotatable bonds is 10. The predicted molar refractivity (Wildman–Crippen MR) is 160 cm³/mol. The molecule has 0 N–H and O–H groups in total. The Morgan fingerprint density at radius 3 is 2.39 bits per heavy atom. The van der Waals surface area contributed by atoms with Crippen LogP contribution in [0.15, 0.2) is 66.7 Å². The molecule has 2 atom stereocenters. The first-order chi connectivity index (χ1) is 20.0. The first-order valence-electron chi connectivity index (χ1n) is 14.9. The Bertz CT molecular complexity index is 1350. The molecule has 6 rings (SSSR count). The van der Waals surface area contributed by atoms with Crippen molar-refractivity contribution in [1.29, 1.82) is 0 Å².